The van der Waals surface area contributed by atoms with Crippen LogP contribution in [0, 0.1) is 6.92 Å². The fourth-order valence-corrected chi connectivity index (χ4v) is 2.17. The average molecular weight is 340 g/mol. The quantitative estimate of drug-likeness (QED) is 0.416. The van der Waals surface area contributed by atoms with E-state index < -0.39 is 0 Å². The number of phenols is 2. The summed E-state index contributed by atoms with van der Waals surface area (Å²) in [7, 11) is 0. The van der Waals surface area contributed by atoms with E-state index in [1.54, 1.807) is 6.92 Å². The van der Waals surface area contributed by atoms with Crippen LogP contribution >= 0.6 is 0 Å². The molecule has 0 unspecified atom stereocenters. The number of hydrogen-bond acceptors (Lipinski definition) is 5. The van der Waals surface area contributed by atoms with Crippen molar-refractivity contribution in [3.63, 3.8) is 0 Å². The highest BCUT2D eigenvalue weighted by Crippen LogP contribution is 2.52. The SMILES string of the molecule is CCCCOc1c(C)c(O)c(O)c(OCCCC)c1OCCCC. The first kappa shape index (κ1) is 20.3. The molecule has 0 aliphatic rings. The summed E-state index contributed by atoms with van der Waals surface area (Å²) in [5.74, 6) is 0.535. The fraction of sp³-hybridized carbons (Fsp3) is 0.684. The van der Waals surface area contributed by atoms with E-state index in [2.05, 4.69) is 20.8 Å². The second-order valence-corrected chi connectivity index (χ2v) is 5.92. The lowest BCUT2D eigenvalue weighted by molar-refractivity contribution is 0.226. The molecule has 0 heterocycles. The van der Waals surface area contributed by atoms with E-state index in [0.717, 1.165) is 38.5 Å². The number of aromatic hydroxyl groups is 2. The summed E-state index contributed by atoms with van der Waals surface area (Å²) >= 11 is 0. The molecule has 1 aromatic rings. The van der Waals surface area contributed by atoms with Crippen molar-refractivity contribution in [3.8, 4) is 28.7 Å². The van der Waals surface area contributed by atoms with Crippen molar-refractivity contribution in [3.05, 3.63) is 5.56 Å². The van der Waals surface area contributed by atoms with Crippen LogP contribution in [0.15, 0.2) is 0 Å². The van der Waals surface area contributed by atoms with Gasteiger partial charge < -0.3 is 24.4 Å². The van der Waals surface area contributed by atoms with Crippen molar-refractivity contribution in [1.82, 2.24) is 0 Å². The molecule has 5 nitrogen and oxygen atoms in total. The second-order valence-electron chi connectivity index (χ2n) is 5.92. The summed E-state index contributed by atoms with van der Waals surface area (Å²) in [6.07, 6.45) is 5.64. The zero-order chi connectivity index (χ0) is 17.9. The van der Waals surface area contributed by atoms with Gasteiger partial charge in [-0.25, -0.2) is 0 Å². The van der Waals surface area contributed by atoms with Gasteiger partial charge in [0.1, 0.15) is 0 Å². The number of hydrogen-bond donors (Lipinski definition) is 2. The van der Waals surface area contributed by atoms with E-state index >= 15 is 0 Å². The van der Waals surface area contributed by atoms with Crippen LogP contribution in [-0.2, 0) is 0 Å². The van der Waals surface area contributed by atoms with Gasteiger partial charge in [-0.1, -0.05) is 40.0 Å². The highest BCUT2D eigenvalue weighted by molar-refractivity contribution is 5.68. The molecule has 0 saturated heterocycles. The molecule has 0 aromatic heterocycles. The lowest BCUT2D eigenvalue weighted by Gasteiger charge is -2.21. The molecule has 0 fully saturated rings. The van der Waals surface area contributed by atoms with Crippen molar-refractivity contribution in [2.24, 2.45) is 0 Å². The maximum atomic E-state index is 10.3. The molecule has 0 aliphatic carbocycles. The number of rotatable bonds is 12. The molecule has 0 saturated carbocycles. The zero-order valence-corrected chi connectivity index (χ0v) is 15.5. The lowest BCUT2D eigenvalue weighted by Crippen LogP contribution is -2.07. The summed E-state index contributed by atoms with van der Waals surface area (Å²) in [5.41, 5.74) is 0.470. The number of benzene rings is 1. The van der Waals surface area contributed by atoms with E-state index in [4.69, 9.17) is 14.2 Å². The highest BCUT2D eigenvalue weighted by Gasteiger charge is 2.25. The van der Waals surface area contributed by atoms with Gasteiger partial charge in [0, 0.05) is 5.56 Å². The minimum absolute atomic E-state index is 0.175. The summed E-state index contributed by atoms with van der Waals surface area (Å²) < 4.78 is 17.4. The van der Waals surface area contributed by atoms with Gasteiger partial charge in [-0.05, 0) is 26.2 Å². The van der Waals surface area contributed by atoms with E-state index in [0.29, 0.717) is 36.9 Å². The van der Waals surface area contributed by atoms with Crippen LogP contribution in [0.4, 0.5) is 0 Å². The molecular formula is C19H32O5. The van der Waals surface area contributed by atoms with E-state index in [1.165, 1.54) is 0 Å². The fourth-order valence-electron chi connectivity index (χ4n) is 2.17. The standard InChI is InChI=1S/C19H32O5/c1-5-8-11-22-17-14(4)15(20)16(21)18(23-12-9-6-2)19(17)24-13-10-7-3/h20-21H,5-13H2,1-4H3. The molecule has 24 heavy (non-hydrogen) atoms. The van der Waals surface area contributed by atoms with Crippen LogP contribution in [0.5, 0.6) is 28.7 Å². The van der Waals surface area contributed by atoms with Crippen LogP contribution in [-0.4, -0.2) is 30.0 Å². The molecule has 138 valence electrons. The Morgan fingerprint density at radius 2 is 1.04 bits per heavy atom. The van der Waals surface area contributed by atoms with Crippen molar-refractivity contribution in [2.45, 2.75) is 66.2 Å². The van der Waals surface area contributed by atoms with Gasteiger partial charge >= 0.3 is 0 Å². The maximum Gasteiger partial charge on any atom is 0.211 e. The molecule has 5 heteroatoms. The Kier molecular flexibility index (Phi) is 9.20. The van der Waals surface area contributed by atoms with Gasteiger partial charge in [0.25, 0.3) is 0 Å². The molecule has 0 amide bonds. The normalized spacial score (nSPS) is 10.7. The third-order valence-electron chi connectivity index (χ3n) is 3.78. The van der Waals surface area contributed by atoms with Crippen LogP contribution in [0.3, 0.4) is 0 Å². The van der Waals surface area contributed by atoms with Crippen LogP contribution in [0.2, 0.25) is 0 Å². The molecule has 2 N–H and O–H groups in total. The third kappa shape index (κ3) is 5.39. The molecule has 0 spiro atoms. The van der Waals surface area contributed by atoms with Gasteiger partial charge in [-0.2, -0.15) is 0 Å². The minimum atomic E-state index is -0.280. The molecule has 0 radical (unpaired) electrons. The minimum Gasteiger partial charge on any atom is -0.504 e. The van der Waals surface area contributed by atoms with Gasteiger partial charge in [0.05, 0.1) is 19.8 Å². The molecular weight excluding hydrogens is 308 g/mol. The first-order valence-corrected chi connectivity index (χ1v) is 9.05. The topological polar surface area (TPSA) is 68.2 Å². The Hall–Kier alpha value is -1.78. The summed E-state index contributed by atoms with van der Waals surface area (Å²) in [6.45, 7) is 9.43. The smallest absolute Gasteiger partial charge is 0.211 e. The average Bonchev–Trinajstić information content (AvgIpc) is 2.58. The first-order chi connectivity index (χ1) is 11.6. The summed E-state index contributed by atoms with van der Waals surface area (Å²) in [4.78, 5) is 0. The van der Waals surface area contributed by atoms with Crippen molar-refractivity contribution < 1.29 is 24.4 Å². The molecule has 0 aliphatic heterocycles. The Morgan fingerprint density at radius 3 is 1.50 bits per heavy atom. The number of unbranched alkanes of at least 4 members (excludes halogenated alkanes) is 3. The maximum absolute atomic E-state index is 10.3. The van der Waals surface area contributed by atoms with Gasteiger partial charge in [-0.3, -0.25) is 0 Å². The van der Waals surface area contributed by atoms with E-state index in [9.17, 15) is 10.2 Å². The third-order valence-corrected chi connectivity index (χ3v) is 3.78. The largest absolute Gasteiger partial charge is 0.504 e. The second kappa shape index (κ2) is 10.9. The molecule has 1 rings (SSSR count). The monoisotopic (exact) mass is 340 g/mol. The summed E-state index contributed by atoms with van der Waals surface area (Å²) in [6, 6.07) is 0. The molecule has 0 atom stereocenters. The summed E-state index contributed by atoms with van der Waals surface area (Å²) in [5, 5.41) is 20.5. The van der Waals surface area contributed by atoms with E-state index in [1.807, 2.05) is 0 Å². The van der Waals surface area contributed by atoms with Crippen molar-refractivity contribution in [2.75, 3.05) is 19.8 Å². The van der Waals surface area contributed by atoms with E-state index in [-0.39, 0.29) is 17.2 Å². The van der Waals surface area contributed by atoms with Crippen LogP contribution in [0.1, 0.15) is 64.9 Å². The van der Waals surface area contributed by atoms with Gasteiger partial charge in [0.2, 0.25) is 17.2 Å². The Balaban J connectivity index is 3.19. The number of ether oxygens (including phenoxy) is 3. The first-order valence-electron chi connectivity index (χ1n) is 9.05. The Morgan fingerprint density at radius 1 is 0.625 bits per heavy atom. The van der Waals surface area contributed by atoms with Gasteiger partial charge in [0.15, 0.2) is 11.5 Å². The number of phenolic OH excluding ortho intramolecular Hbond substituents is 2. The Labute approximate surface area is 145 Å². The van der Waals surface area contributed by atoms with Crippen molar-refractivity contribution in [1.29, 1.82) is 0 Å². The van der Waals surface area contributed by atoms with Gasteiger partial charge in [-0.15, -0.1) is 0 Å². The molecule has 0 bridgehead atoms. The lowest BCUT2D eigenvalue weighted by atomic mass is 10.1. The predicted molar refractivity (Wildman–Crippen MR) is 95.7 cm³/mol. The predicted octanol–water partition coefficient (Wildman–Crippen LogP) is 4.94. The van der Waals surface area contributed by atoms with Crippen LogP contribution in [0.25, 0.3) is 0 Å². The van der Waals surface area contributed by atoms with Crippen molar-refractivity contribution >= 4 is 0 Å². The Bertz CT molecular complexity index is 462. The molecule has 1 aromatic carbocycles. The van der Waals surface area contributed by atoms with Crippen LogP contribution < -0.4 is 14.2 Å². The zero-order valence-electron chi connectivity index (χ0n) is 15.5. The highest BCUT2D eigenvalue weighted by atomic mass is 16.5.